The van der Waals surface area contributed by atoms with Gasteiger partial charge in [0, 0.05) is 23.1 Å². The molecule has 0 spiro atoms. The van der Waals surface area contributed by atoms with E-state index in [1.165, 1.54) is 0 Å². The van der Waals surface area contributed by atoms with Crippen LogP contribution in [0.25, 0.3) is 0 Å². The first-order valence-corrected chi connectivity index (χ1v) is 7.18. The van der Waals surface area contributed by atoms with Crippen LogP contribution in [-0.2, 0) is 0 Å². The lowest BCUT2D eigenvalue weighted by atomic mass is 9.99. The van der Waals surface area contributed by atoms with Gasteiger partial charge in [0.15, 0.2) is 0 Å². The van der Waals surface area contributed by atoms with Crippen molar-refractivity contribution >= 4 is 22.4 Å². The minimum atomic E-state index is -2.38. The molecule has 1 amide bonds. The number of hydrogen-bond donors (Lipinski definition) is 4. The van der Waals surface area contributed by atoms with Crippen LogP contribution in [0.3, 0.4) is 0 Å². The summed E-state index contributed by atoms with van der Waals surface area (Å²) in [5.41, 5.74) is 1.55. The predicted octanol–water partition coefficient (Wildman–Crippen LogP) is 3.01. The molecule has 2 rings (SSSR count). The van der Waals surface area contributed by atoms with Crippen LogP contribution < -0.4 is 5.32 Å². The molecule has 1 heterocycles. The van der Waals surface area contributed by atoms with Crippen LogP contribution in [0.4, 0.5) is 10.5 Å². The molecule has 17 heavy (non-hydrogen) atoms. The van der Waals surface area contributed by atoms with Gasteiger partial charge in [-0.15, -0.1) is 0 Å². The Morgan fingerprint density at radius 2 is 1.94 bits per heavy atom. The van der Waals surface area contributed by atoms with Gasteiger partial charge in [0.2, 0.25) is 0 Å². The number of carboxylic acid groups (broad SMARTS) is 1. The average molecular weight is 257 g/mol. The molecule has 5 nitrogen and oxygen atoms in total. The van der Waals surface area contributed by atoms with Crippen LogP contribution >= 0.6 is 10.6 Å². The zero-order valence-corrected chi connectivity index (χ0v) is 9.98. The Labute approximate surface area is 101 Å². The van der Waals surface area contributed by atoms with E-state index < -0.39 is 16.7 Å². The van der Waals surface area contributed by atoms with Gasteiger partial charge in [0.05, 0.1) is 0 Å². The van der Waals surface area contributed by atoms with Gasteiger partial charge in [0.25, 0.3) is 0 Å². The first kappa shape index (κ1) is 12.2. The summed E-state index contributed by atoms with van der Waals surface area (Å²) in [6.07, 6.45) is -0.318. The fourth-order valence-corrected chi connectivity index (χ4v) is 3.88. The number of anilines is 1. The van der Waals surface area contributed by atoms with Crippen molar-refractivity contribution < 1.29 is 19.0 Å². The maximum absolute atomic E-state index is 10.4. The maximum atomic E-state index is 10.4. The normalized spacial score (nSPS) is 24.2. The van der Waals surface area contributed by atoms with Gasteiger partial charge >= 0.3 is 6.09 Å². The first-order chi connectivity index (χ1) is 7.96. The zero-order valence-electron chi connectivity index (χ0n) is 9.17. The lowest BCUT2D eigenvalue weighted by molar-refractivity contribution is 0.209. The van der Waals surface area contributed by atoms with Crippen molar-refractivity contribution in [1.29, 1.82) is 0 Å². The summed E-state index contributed by atoms with van der Waals surface area (Å²) in [5.74, 6) is 1.05. The highest BCUT2D eigenvalue weighted by molar-refractivity contribution is 8.24. The number of hydrogen-bond acceptors (Lipinski definition) is 3. The van der Waals surface area contributed by atoms with E-state index in [4.69, 9.17) is 5.11 Å². The Kier molecular flexibility index (Phi) is 3.28. The summed E-state index contributed by atoms with van der Waals surface area (Å²) in [7, 11) is -2.38. The monoisotopic (exact) mass is 257 g/mol. The average Bonchev–Trinajstić information content (AvgIpc) is 2.59. The van der Waals surface area contributed by atoms with Crippen LogP contribution in [0.15, 0.2) is 24.3 Å². The molecule has 94 valence electrons. The van der Waals surface area contributed by atoms with Crippen molar-refractivity contribution in [3.8, 4) is 0 Å². The van der Waals surface area contributed by atoms with E-state index in [0.29, 0.717) is 17.2 Å². The molecule has 0 saturated carbocycles. The minimum Gasteiger partial charge on any atom is -0.465 e. The van der Waals surface area contributed by atoms with Crippen LogP contribution in [0.1, 0.15) is 17.9 Å². The highest BCUT2D eigenvalue weighted by atomic mass is 32.3. The highest BCUT2D eigenvalue weighted by Crippen LogP contribution is 2.51. The molecule has 6 heteroatoms. The largest absolute Gasteiger partial charge is 0.465 e. The second-order valence-corrected chi connectivity index (χ2v) is 6.56. The minimum absolute atomic E-state index is 0.166. The SMILES string of the molecule is O=C(O)Nc1ccc(C2CCS(O)(O)C2)cc1. The lowest BCUT2D eigenvalue weighted by Gasteiger charge is -2.26. The van der Waals surface area contributed by atoms with Gasteiger partial charge in [-0.2, -0.15) is 10.6 Å². The Morgan fingerprint density at radius 3 is 2.41 bits per heavy atom. The van der Waals surface area contributed by atoms with E-state index in [0.717, 1.165) is 12.0 Å². The van der Waals surface area contributed by atoms with E-state index in [2.05, 4.69) is 5.32 Å². The molecule has 1 aromatic carbocycles. The van der Waals surface area contributed by atoms with Gasteiger partial charge in [-0.05, 0) is 24.1 Å². The number of nitrogens with one attached hydrogen (secondary N) is 1. The van der Waals surface area contributed by atoms with E-state index in [-0.39, 0.29) is 5.92 Å². The van der Waals surface area contributed by atoms with E-state index in [9.17, 15) is 13.9 Å². The van der Waals surface area contributed by atoms with E-state index in [1.807, 2.05) is 12.1 Å². The Hall–Kier alpha value is -1.24. The van der Waals surface area contributed by atoms with Gasteiger partial charge in [-0.25, -0.2) is 4.79 Å². The van der Waals surface area contributed by atoms with Gasteiger partial charge in [0.1, 0.15) is 0 Å². The summed E-state index contributed by atoms with van der Waals surface area (Å²) in [6, 6.07) is 7.04. The van der Waals surface area contributed by atoms with Crippen molar-refractivity contribution in [2.24, 2.45) is 0 Å². The van der Waals surface area contributed by atoms with Crippen molar-refractivity contribution in [3.63, 3.8) is 0 Å². The summed E-state index contributed by atoms with van der Waals surface area (Å²) in [4.78, 5) is 10.4. The molecule has 0 aliphatic carbocycles. The molecule has 1 aromatic rings. The van der Waals surface area contributed by atoms with Crippen molar-refractivity contribution in [2.45, 2.75) is 12.3 Å². The maximum Gasteiger partial charge on any atom is 0.409 e. The van der Waals surface area contributed by atoms with Crippen LogP contribution in [0.5, 0.6) is 0 Å². The molecule has 0 radical (unpaired) electrons. The molecule has 1 atom stereocenters. The Balaban J connectivity index is 2.06. The molecule has 1 unspecified atom stereocenters. The molecular weight excluding hydrogens is 242 g/mol. The molecule has 1 aliphatic heterocycles. The van der Waals surface area contributed by atoms with E-state index >= 15 is 0 Å². The van der Waals surface area contributed by atoms with Crippen LogP contribution in [-0.4, -0.2) is 31.8 Å². The fraction of sp³-hybridized carbons (Fsp3) is 0.364. The Morgan fingerprint density at radius 1 is 1.29 bits per heavy atom. The van der Waals surface area contributed by atoms with Crippen LogP contribution in [0.2, 0.25) is 0 Å². The van der Waals surface area contributed by atoms with E-state index in [1.54, 1.807) is 12.1 Å². The fourth-order valence-electron chi connectivity index (χ4n) is 2.04. The quantitative estimate of drug-likeness (QED) is 0.655. The van der Waals surface area contributed by atoms with Gasteiger partial charge < -0.3 is 5.11 Å². The topological polar surface area (TPSA) is 89.8 Å². The molecule has 0 bridgehead atoms. The summed E-state index contributed by atoms with van der Waals surface area (Å²) in [5, 5.41) is 10.8. The molecule has 0 aromatic heterocycles. The smallest absolute Gasteiger partial charge is 0.409 e. The number of carbonyl (C=O) groups is 1. The second kappa shape index (κ2) is 4.56. The third kappa shape index (κ3) is 3.12. The van der Waals surface area contributed by atoms with Crippen molar-refractivity contribution in [3.05, 3.63) is 29.8 Å². The van der Waals surface area contributed by atoms with Crippen LogP contribution in [0, 0.1) is 0 Å². The third-order valence-corrected chi connectivity index (χ3v) is 4.72. The van der Waals surface area contributed by atoms with Gasteiger partial charge in [-0.1, -0.05) is 12.1 Å². The number of benzene rings is 1. The predicted molar refractivity (Wildman–Crippen MR) is 68.0 cm³/mol. The standard InChI is InChI=1S/C11H15NO4S/c13-11(14)12-10-3-1-8(2-4-10)9-5-6-17(15,16)7-9/h1-4,9,12,15-16H,5-7H2,(H,13,14). The first-order valence-electron chi connectivity index (χ1n) is 5.30. The second-order valence-electron chi connectivity index (χ2n) is 4.21. The molecule has 1 saturated heterocycles. The zero-order chi connectivity index (χ0) is 12.5. The summed E-state index contributed by atoms with van der Waals surface area (Å²) >= 11 is 0. The van der Waals surface area contributed by atoms with Gasteiger partial charge in [-0.3, -0.25) is 14.4 Å². The molecule has 1 fully saturated rings. The Bertz CT molecular complexity index is 418. The van der Waals surface area contributed by atoms with Crippen molar-refractivity contribution in [1.82, 2.24) is 0 Å². The number of rotatable bonds is 2. The molecular formula is C11H15NO4S. The highest BCUT2D eigenvalue weighted by Gasteiger charge is 2.29. The van der Waals surface area contributed by atoms with Crippen molar-refractivity contribution in [2.75, 3.05) is 16.8 Å². The molecule has 4 N–H and O–H groups in total. The molecule has 1 aliphatic rings. The number of amides is 1. The lowest BCUT2D eigenvalue weighted by Crippen LogP contribution is -2.07. The summed E-state index contributed by atoms with van der Waals surface area (Å²) < 4.78 is 19.1. The third-order valence-electron chi connectivity index (χ3n) is 2.89. The summed E-state index contributed by atoms with van der Waals surface area (Å²) in [6.45, 7) is 0.